The fraction of sp³-hybridized carbons (Fsp3) is 0.417. The molecule has 1 aromatic carbocycles. The standard InChI is InChI=1S/C12H18N2O3/c1-8-10(16-3)6-5-9(12(8)17-4)7-11(15)14-13-2/h5-6,13H,7H2,1-4H3,(H,14,15). The van der Waals surface area contributed by atoms with Crippen LogP contribution in [0, 0.1) is 6.92 Å². The van der Waals surface area contributed by atoms with Gasteiger partial charge >= 0.3 is 0 Å². The van der Waals surface area contributed by atoms with E-state index in [-0.39, 0.29) is 12.3 Å². The highest BCUT2D eigenvalue weighted by Crippen LogP contribution is 2.31. The van der Waals surface area contributed by atoms with Crippen LogP contribution >= 0.6 is 0 Å². The lowest BCUT2D eigenvalue weighted by molar-refractivity contribution is -0.121. The van der Waals surface area contributed by atoms with Gasteiger partial charge in [0.2, 0.25) is 5.91 Å². The quantitative estimate of drug-likeness (QED) is 0.745. The van der Waals surface area contributed by atoms with Crippen LogP contribution in [0.5, 0.6) is 11.5 Å². The summed E-state index contributed by atoms with van der Waals surface area (Å²) in [7, 11) is 4.84. The summed E-state index contributed by atoms with van der Waals surface area (Å²) in [5.41, 5.74) is 6.84. The van der Waals surface area contributed by atoms with Gasteiger partial charge in [-0.15, -0.1) is 0 Å². The van der Waals surface area contributed by atoms with Crippen LogP contribution < -0.4 is 20.3 Å². The van der Waals surface area contributed by atoms with Crippen molar-refractivity contribution in [3.8, 4) is 11.5 Å². The van der Waals surface area contributed by atoms with Crippen molar-refractivity contribution < 1.29 is 14.3 Å². The summed E-state index contributed by atoms with van der Waals surface area (Å²) in [6.45, 7) is 1.90. The molecule has 0 bridgehead atoms. The first kappa shape index (κ1) is 13.3. The Morgan fingerprint density at radius 1 is 1.29 bits per heavy atom. The Hall–Kier alpha value is -1.75. The molecule has 0 aliphatic carbocycles. The lowest BCUT2D eigenvalue weighted by Gasteiger charge is -2.14. The Bertz CT molecular complexity index is 405. The van der Waals surface area contributed by atoms with E-state index in [4.69, 9.17) is 9.47 Å². The van der Waals surface area contributed by atoms with Crippen molar-refractivity contribution >= 4 is 5.91 Å². The van der Waals surface area contributed by atoms with Gasteiger partial charge in [0.25, 0.3) is 0 Å². The maximum atomic E-state index is 11.5. The third-order valence-corrected chi connectivity index (χ3v) is 2.48. The molecular formula is C12H18N2O3. The van der Waals surface area contributed by atoms with Gasteiger partial charge in [-0.2, -0.15) is 0 Å². The number of ether oxygens (including phenoxy) is 2. The fourth-order valence-electron chi connectivity index (χ4n) is 1.73. The number of carbonyl (C=O) groups excluding carboxylic acids is 1. The molecule has 94 valence electrons. The number of nitrogens with one attached hydrogen (secondary N) is 2. The van der Waals surface area contributed by atoms with Crippen LogP contribution in [0.2, 0.25) is 0 Å². The number of hydrogen-bond donors (Lipinski definition) is 2. The van der Waals surface area contributed by atoms with Crippen LogP contribution in [-0.2, 0) is 11.2 Å². The first-order chi connectivity index (χ1) is 8.13. The van der Waals surface area contributed by atoms with E-state index in [1.54, 1.807) is 21.3 Å². The molecular weight excluding hydrogens is 220 g/mol. The maximum absolute atomic E-state index is 11.5. The fourth-order valence-corrected chi connectivity index (χ4v) is 1.73. The second-order valence-corrected chi connectivity index (χ2v) is 3.56. The van der Waals surface area contributed by atoms with Crippen molar-refractivity contribution in [1.29, 1.82) is 0 Å². The smallest absolute Gasteiger partial charge is 0.238 e. The molecule has 0 fully saturated rings. The highest BCUT2D eigenvalue weighted by atomic mass is 16.5. The van der Waals surface area contributed by atoms with Crippen LogP contribution in [0.3, 0.4) is 0 Å². The van der Waals surface area contributed by atoms with Gasteiger partial charge in [-0.3, -0.25) is 10.2 Å². The molecule has 0 atom stereocenters. The topological polar surface area (TPSA) is 59.6 Å². The summed E-state index contributed by atoms with van der Waals surface area (Å²) in [6, 6.07) is 3.67. The van der Waals surface area contributed by atoms with Gasteiger partial charge in [0.05, 0.1) is 20.6 Å². The van der Waals surface area contributed by atoms with Crippen molar-refractivity contribution in [1.82, 2.24) is 10.9 Å². The van der Waals surface area contributed by atoms with Gasteiger partial charge in [0.15, 0.2) is 0 Å². The number of amides is 1. The van der Waals surface area contributed by atoms with Crippen LogP contribution in [0.4, 0.5) is 0 Å². The van der Waals surface area contributed by atoms with Crippen LogP contribution in [0.15, 0.2) is 12.1 Å². The molecule has 0 radical (unpaired) electrons. The lowest BCUT2D eigenvalue weighted by atomic mass is 10.1. The van der Waals surface area contributed by atoms with E-state index in [0.717, 1.165) is 16.9 Å². The molecule has 17 heavy (non-hydrogen) atoms. The summed E-state index contributed by atoms with van der Waals surface area (Å²) in [5.74, 6) is 1.32. The summed E-state index contributed by atoms with van der Waals surface area (Å²) < 4.78 is 10.5. The van der Waals surface area contributed by atoms with Crippen molar-refractivity contribution in [3.05, 3.63) is 23.3 Å². The molecule has 1 amide bonds. The Kier molecular flexibility index (Phi) is 4.78. The maximum Gasteiger partial charge on any atom is 0.238 e. The molecule has 0 aliphatic heterocycles. The van der Waals surface area contributed by atoms with E-state index in [1.807, 2.05) is 19.1 Å². The Balaban J connectivity index is 3.00. The number of carbonyl (C=O) groups is 1. The van der Waals surface area contributed by atoms with E-state index >= 15 is 0 Å². The van der Waals surface area contributed by atoms with Crippen molar-refractivity contribution in [2.45, 2.75) is 13.3 Å². The molecule has 0 heterocycles. The van der Waals surface area contributed by atoms with Crippen molar-refractivity contribution in [2.24, 2.45) is 0 Å². The first-order valence-corrected chi connectivity index (χ1v) is 5.30. The minimum Gasteiger partial charge on any atom is -0.496 e. The summed E-state index contributed by atoms with van der Waals surface area (Å²) in [4.78, 5) is 11.5. The number of benzene rings is 1. The largest absolute Gasteiger partial charge is 0.496 e. The Morgan fingerprint density at radius 2 is 2.00 bits per heavy atom. The highest BCUT2D eigenvalue weighted by Gasteiger charge is 2.13. The molecule has 0 saturated carbocycles. The molecule has 0 aromatic heterocycles. The third kappa shape index (κ3) is 3.10. The zero-order valence-electron chi connectivity index (χ0n) is 10.6. The van der Waals surface area contributed by atoms with Gasteiger partial charge < -0.3 is 9.47 Å². The van der Waals surface area contributed by atoms with Crippen LogP contribution in [-0.4, -0.2) is 27.2 Å². The van der Waals surface area contributed by atoms with Crippen molar-refractivity contribution in [3.63, 3.8) is 0 Å². The zero-order chi connectivity index (χ0) is 12.8. The van der Waals surface area contributed by atoms with Crippen molar-refractivity contribution in [2.75, 3.05) is 21.3 Å². The zero-order valence-corrected chi connectivity index (χ0v) is 10.6. The van der Waals surface area contributed by atoms with Gasteiger partial charge in [-0.05, 0) is 13.0 Å². The number of methoxy groups -OCH3 is 2. The second kappa shape index (κ2) is 6.10. The molecule has 5 nitrogen and oxygen atoms in total. The predicted molar refractivity (Wildman–Crippen MR) is 65.2 cm³/mol. The van der Waals surface area contributed by atoms with Crippen LogP contribution in [0.25, 0.3) is 0 Å². The van der Waals surface area contributed by atoms with Crippen LogP contribution in [0.1, 0.15) is 11.1 Å². The molecule has 1 aromatic rings. The summed E-state index contributed by atoms with van der Waals surface area (Å²) >= 11 is 0. The van der Waals surface area contributed by atoms with Gasteiger partial charge in [0, 0.05) is 18.2 Å². The normalized spacial score (nSPS) is 9.88. The highest BCUT2D eigenvalue weighted by molar-refractivity contribution is 5.79. The van der Waals surface area contributed by atoms with Gasteiger partial charge in [-0.25, -0.2) is 5.43 Å². The average molecular weight is 238 g/mol. The molecule has 0 saturated heterocycles. The van der Waals surface area contributed by atoms with Gasteiger partial charge in [0.1, 0.15) is 11.5 Å². The van der Waals surface area contributed by atoms with E-state index in [2.05, 4.69) is 10.9 Å². The number of rotatable bonds is 5. The SMILES string of the molecule is CNNC(=O)Cc1ccc(OC)c(C)c1OC. The molecule has 1 rings (SSSR count). The molecule has 0 spiro atoms. The predicted octanol–water partition coefficient (Wildman–Crippen LogP) is 0.805. The first-order valence-electron chi connectivity index (χ1n) is 5.30. The number of hydrazine groups is 1. The summed E-state index contributed by atoms with van der Waals surface area (Å²) in [6.07, 6.45) is 0.259. The van der Waals surface area contributed by atoms with E-state index in [0.29, 0.717) is 5.75 Å². The Morgan fingerprint density at radius 3 is 2.53 bits per heavy atom. The molecule has 2 N–H and O–H groups in total. The third-order valence-electron chi connectivity index (χ3n) is 2.48. The molecule has 5 heteroatoms. The molecule has 0 unspecified atom stereocenters. The second-order valence-electron chi connectivity index (χ2n) is 3.56. The van der Waals surface area contributed by atoms with E-state index in [1.165, 1.54) is 0 Å². The van der Waals surface area contributed by atoms with E-state index < -0.39 is 0 Å². The minimum atomic E-state index is -0.115. The van der Waals surface area contributed by atoms with Gasteiger partial charge in [-0.1, -0.05) is 6.07 Å². The monoisotopic (exact) mass is 238 g/mol. The minimum absolute atomic E-state index is 0.115. The average Bonchev–Trinajstić information content (AvgIpc) is 2.30. The molecule has 0 aliphatic rings. The summed E-state index contributed by atoms with van der Waals surface area (Å²) in [5, 5.41) is 0. The van der Waals surface area contributed by atoms with E-state index in [9.17, 15) is 4.79 Å². The Labute approximate surface area is 101 Å². The number of hydrogen-bond acceptors (Lipinski definition) is 4. The lowest BCUT2D eigenvalue weighted by Crippen LogP contribution is -2.35.